The quantitative estimate of drug-likeness (QED) is 0.697. The van der Waals surface area contributed by atoms with Crippen LogP contribution in [-0.2, 0) is 4.74 Å². The second-order valence-electron chi connectivity index (χ2n) is 4.71. The summed E-state index contributed by atoms with van der Waals surface area (Å²) >= 11 is 0. The van der Waals surface area contributed by atoms with E-state index in [1.807, 2.05) is 0 Å². The Labute approximate surface area is 93.3 Å². The average molecular weight is 212 g/mol. The van der Waals surface area contributed by atoms with Gasteiger partial charge in [-0.3, -0.25) is 4.90 Å². The molecule has 1 atom stereocenters. The van der Waals surface area contributed by atoms with Crippen molar-refractivity contribution in [1.82, 2.24) is 4.90 Å². The average Bonchev–Trinajstić information content (AvgIpc) is 2.21. The molecule has 1 unspecified atom stereocenters. The van der Waals surface area contributed by atoms with Crippen LogP contribution in [0.2, 0.25) is 0 Å². The molecule has 3 heteroatoms. The summed E-state index contributed by atoms with van der Waals surface area (Å²) in [5.41, 5.74) is 7.48. The lowest BCUT2D eigenvalue weighted by molar-refractivity contribution is 0.206. The molecule has 0 aromatic heterocycles. The first-order chi connectivity index (χ1) is 7.13. The molecular weight excluding hydrogens is 188 g/mol. The van der Waals surface area contributed by atoms with E-state index >= 15 is 0 Å². The predicted molar refractivity (Wildman–Crippen MR) is 63.8 cm³/mol. The summed E-state index contributed by atoms with van der Waals surface area (Å²) in [5.74, 6) is 0.564. The molecule has 0 aromatic rings. The third-order valence-electron chi connectivity index (χ3n) is 3.04. The van der Waals surface area contributed by atoms with Gasteiger partial charge in [-0.2, -0.15) is 0 Å². The second-order valence-corrected chi connectivity index (χ2v) is 4.71. The zero-order valence-electron chi connectivity index (χ0n) is 10.2. The van der Waals surface area contributed by atoms with Crippen LogP contribution in [-0.4, -0.2) is 44.3 Å². The molecule has 0 saturated carbocycles. The van der Waals surface area contributed by atoms with E-state index in [0.717, 1.165) is 32.7 Å². The molecule has 1 aliphatic rings. The minimum atomic E-state index is 0.294. The van der Waals surface area contributed by atoms with Crippen molar-refractivity contribution in [2.24, 2.45) is 11.7 Å². The monoisotopic (exact) mass is 212 g/mol. The normalized spacial score (nSPS) is 20.5. The third kappa shape index (κ3) is 4.33. The number of methoxy groups -OCH3 is 1. The molecule has 1 rings (SSSR count). The maximum absolute atomic E-state index is 6.05. The summed E-state index contributed by atoms with van der Waals surface area (Å²) in [5, 5.41) is 0. The van der Waals surface area contributed by atoms with Crippen molar-refractivity contribution in [2.45, 2.75) is 26.3 Å². The highest BCUT2D eigenvalue weighted by Gasteiger charge is 2.16. The van der Waals surface area contributed by atoms with E-state index < -0.39 is 0 Å². The Morgan fingerprint density at radius 2 is 2.27 bits per heavy atom. The minimum absolute atomic E-state index is 0.294. The molecule has 88 valence electrons. The van der Waals surface area contributed by atoms with Crippen LogP contribution >= 0.6 is 0 Å². The molecule has 2 N–H and O–H groups in total. The molecule has 1 aliphatic heterocycles. The molecule has 3 nitrogen and oxygen atoms in total. The van der Waals surface area contributed by atoms with Crippen molar-refractivity contribution >= 4 is 0 Å². The zero-order chi connectivity index (χ0) is 11.3. The van der Waals surface area contributed by atoms with Gasteiger partial charge in [-0.05, 0) is 17.9 Å². The Hall–Kier alpha value is -0.380. The van der Waals surface area contributed by atoms with Gasteiger partial charge in [-0.1, -0.05) is 19.9 Å². The summed E-state index contributed by atoms with van der Waals surface area (Å²) < 4.78 is 5.12. The van der Waals surface area contributed by atoms with Crippen LogP contribution in [0.5, 0.6) is 0 Å². The Bertz CT molecular complexity index is 214. The Morgan fingerprint density at radius 1 is 1.53 bits per heavy atom. The highest BCUT2D eigenvalue weighted by molar-refractivity contribution is 5.07. The first-order valence-corrected chi connectivity index (χ1v) is 5.78. The molecule has 1 heterocycles. The third-order valence-corrected chi connectivity index (χ3v) is 3.04. The van der Waals surface area contributed by atoms with Crippen molar-refractivity contribution in [2.75, 3.05) is 33.4 Å². The number of rotatable bonds is 5. The van der Waals surface area contributed by atoms with Crippen LogP contribution in [0.25, 0.3) is 0 Å². The zero-order valence-corrected chi connectivity index (χ0v) is 10.2. The van der Waals surface area contributed by atoms with Crippen LogP contribution < -0.4 is 5.73 Å². The number of nitrogens with zero attached hydrogens (tertiary/aromatic N) is 1. The molecule has 0 fully saturated rings. The molecule has 0 saturated heterocycles. The van der Waals surface area contributed by atoms with Crippen molar-refractivity contribution < 1.29 is 4.74 Å². The fourth-order valence-electron chi connectivity index (χ4n) is 1.74. The SMILES string of the molecule is COCC1=CCN(CC(N)C(C)C)CC1. The molecule has 0 spiro atoms. The van der Waals surface area contributed by atoms with E-state index in [0.29, 0.717) is 12.0 Å². The fraction of sp³-hybridized carbons (Fsp3) is 0.833. The molecule has 0 radical (unpaired) electrons. The van der Waals surface area contributed by atoms with E-state index in [9.17, 15) is 0 Å². The van der Waals surface area contributed by atoms with Crippen LogP contribution in [0.4, 0.5) is 0 Å². The first kappa shape index (κ1) is 12.7. The summed E-state index contributed by atoms with van der Waals surface area (Å²) in [7, 11) is 1.75. The van der Waals surface area contributed by atoms with Gasteiger partial charge in [0.2, 0.25) is 0 Å². The second kappa shape index (κ2) is 6.26. The number of hydrogen-bond acceptors (Lipinski definition) is 3. The minimum Gasteiger partial charge on any atom is -0.380 e. The van der Waals surface area contributed by atoms with Gasteiger partial charge in [0.25, 0.3) is 0 Å². The van der Waals surface area contributed by atoms with E-state index in [1.165, 1.54) is 5.57 Å². The maximum atomic E-state index is 6.05. The Kier molecular flexibility index (Phi) is 5.29. The lowest BCUT2D eigenvalue weighted by Crippen LogP contribution is -2.42. The van der Waals surface area contributed by atoms with Gasteiger partial charge in [-0.25, -0.2) is 0 Å². The highest BCUT2D eigenvalue weighted by Crippen LogP contribution is 2.12. The van der Waals surface area contributed by atoms with Gasteiger partial charge in [-0.15, -0.1) is 0 Å². The molecule has 0 bridgehead atoms. The standard InChI is InChI=1S/C12H24N2O/c1-10(2)12(13)8-14-6-4-11(5-7-14)9-15-3/h4,10,12H,5-9,13H2,1-3H3. The number of hydrogen-bond donors (Lipinski definition) is 1. The lowest BCUT2D eigenvalue weighted by atomic mass is 10.0. The Morgan fingerprint density at radius 3 is 2.73 bits per heavy atom. The summed E-state index contributed by atoms with van der Waals surface area (Å²) in [6.07, 6.45) is 3.40. The highest BCUT2D eigenvalue weighted by atomic mass is 16.5. The summed E-state index contributed by atoms with van der Waals surface area (Å²) in [4.78, 5) is 2.42. The predicted octanol–water partition coefficient (Wildman–Crippen LogP) is 1.25. The largest absolute Gasteiger partial charge is 0.380 e. The van der Waals surface area contributed by atoms with E-state index in [4.69, 9.17) is 10.5 Å². The van der Waals surface area contributed by atoms with Gasteiger partial charge in [0, 0.05) is 32.8 Å². The van der Waals surface area contributed by atoms with Gasteiger partial charge in [0.15, 0.2) is 0 Å². The van der Waals surface area contributed by atoms with Crippen molar-refractivity contribution in [3.05, 3.63) is 11.6 Å². The molecule has 0 aliphatic carbocycles. The van der Waals surface area contributed by atoms with Crippen molar-refractivity contribution in [1.29, 1.82) is 0 Å². The number of nitrogens with two attached hydrogens (primary N) is 1. The smallest absolute Gasteiger partial charge is 0.0673 e. The van der Waals surface area contributed by atoms with Gasteiger partial charge in [0.1, 0.15) is 0 Å². The summed E-state index contributed by atoms with van der Waals surface area (Å²) in [6, 6.07) is 0.294. The van der Waals surface area contributed by atoms with E-state index in [-0.39, 0.29) is 0 Å². The molecule has 0 amide bonds. The fourth-order valence-corrected chi connectivity index (χ4v) is 1.74. The first-order valence-electron chi connectivity index (χ1n) is 5.78. The number of ether oxygens (including phenoxy) is 1. The topological polar surface area (TPSA) is 38.5 Å². The van der Waals surface area contributed by atoms with Gasteiger partial charge < -0.3 is 10.5 Å². The van der Waals surface area contributed by atoms with E-state index in [2.05, 4.69) is 24.8 Å². The van der Waals surface area contributed by atoms with Crippen LogP contribution in [0, 0.1) is 5.92 Å². The van der Waals surface area contributed by atoms with Crippen molar-refractivity contribution in [3.8, 4) is 0 Å². The van der Waals surface area contributed by atoms with Crippen molar-refractivity contribution in [3.63, 3.8) is 0 Å². The van der Waals surface area contributed by atoms with Gasteiger partial charge >= 0.3 is 0 Å². The van der Waals surface area contributed by atoms with Crippen LogP contribution in [0.1, 0.15) is 20.3 Å². The van der Waals surface area contributed by atoms with Crippen LogP contribution in [0.3, 0.4) is 0 Å². The van der Waals surface area contributed by atoms with E-state index in [1.54, 1.807) is 7.11 Å². The molecular formula is C12H24N2O. The van der Waals surface area contributed by atoms with Gasteiger partial charge in [0.05, 0.1) is 6.61 Å². The summed E-state index contributed by atoms with van der Waals surface area (Å²) in [6.45, 7) is 8.30. The molecule has 0 aromatic carbocycles. The molecule has 15 heavy (non-hydrogen) atoms. The lowest BCUT2D eigenvalue weighted by Gasteiger charge is -2.29. The maximum Gasteiger partial charge on any atom is 0.0673 e. The Balaban J connectivity index is 2.31. The van der Waals surface area contributed by atoms with Crippen LogP contribution in [0.15, 0.2) is 11.6 Å².